The van der Waals surface area contributed by atoms with Crippen molar-refractivity contribution in [1.82, 2.24) is 5.32 Å². The van der Waals surface area contributed by atoms with E-state index < -0.39 is 51.3 Å². The van der Waals surface area contributed by atoms with Gasteiger partial charge < -0.3 is 15.0 Å². The standard InChI is InChI=1S/C30H19Cl3F5N3O3/c31-22-11-16(5-8-25(22)34)15-43-40-10-9-39-28(42)21-7-6-20(18-3-1-2-4-19(18)21)26-14-29(44-41-26,30(36,37)38)17-12-23(32)27(35)24(33)13-17/h1-8,10-13H,9,14-15H2,(H,39,42). The molecule has 1 amide bonds. The maximum Gasteiger partial charge on any atom is 0.435 e. The van der Waals surface area contributed by atoms with Gasteiger partial charge in [-0.1, -0.05) is 81.5 Å². The summed E-state index contributed by atoms with van der Waals surface area (Å²) in [6.45, 7) is 0.0253. The Bertz CT molecular complexity index is 1790. The molecule has 0 aromatic heterocycles. The molecule has 0 saturated carbocycles. The highest BCUT2D eigenvalue weighted by Gasteiger charge is 2.62. The van der Waals surface area contributed by atoms with E-state index in [0.29, 0.717) is 21.9 Å². The Hall–Kier alpha value is -3.93. The van der Waals surface area contributed by atoms with Crippen molar-refractivity contribution in [2.75, 3.05) is 6.54 Å². The lowest BCUT2D eigenvalue weighted by atomic mass is 9.85. The fourth-order valence-corrected chi connectivity index (χ4v) is 5.34. The van der Waals surface area contributed by atoms with Crippen LogP contribution in [0.1, 0.15) is 33.5 Å². The van der Waals surface area contributed by atoms with Crippen molar-refractivity contribution >= 4 is 63.4 Å². The zero-order valence-corrected chi connectivity index (χ0v) is 24.5. The normalized spacial score (nSPS) is 16.7. The van der Waals surface area contributed by atoms with Crippen LogP contribution in [0.5, 0.6) is 0 Å². The van der Waals surface area contributed by atoms with E-state index in [1.165, 1.54) is 36.5 Å². The Morgan fingerprint density at radius 1 is 1.00 bits per heavy atom. The molecule has 0 spiro atoms. The average Bonchev–Trinajstić information content (AvgIpc) is 3.45. The topological polar surface area (TPSA) is 72.3 Å². The van der Waals surface area contributed by atoms with E-state index in [9.17, 15) is 26.7 Å². The summed E-state index contributed by atoms with van der Waals surface area (Å²) in [5.41, 5.74) is -2.37. The first-order chi connectivity index (χ1) is 20.9. The quantitative estimate of drug-likeness (QED) is 0.0884. The summed E-state index contributed by atoms with van der Waals surface area (Å²) in [5, 5.41) is 9.86. The number of nitrogens with one attached hydrogen (secondary N) is 1. The average molecular weight is 671 g/mol. The highest BCUT2D eigenvalue weighted by atomic mass is 35.5. The summed E-state index contributed by atoms with van der Waals surface area (Å²) in [6.07, 6.45) is -4.42. The Morgan fingerprint density at radius 3 is 2.39 bits per heavy atom. The second-order valence-electron chi connectivity index (χ2n) is 9.61. The largest absolute Gasteiger partial charge is 0.435 e. The minimum absolute atomic E-state index is 0.00345. The number of halogens is 8. The zero-order valence-electron chi connectivity index (χ0n) is 22.2. The second kappa shape index (κ2) is 12.6. The van der Waals surface area contributed by atoms with Gasteiger partial charge in [-0.05, 0) is 46.7 Å². The molecule has 1 atom stereocenters. The molecule has 44 heavy (non-hydrogen) atoms. The van der Waals surface area contributed by atoms with Gasteiger partial charge in [0.1, 0.15) is 12.4 Å². The first-order valence-electron chi connectivity index (χ1n) is 12.8. The third kappa shape index (κ3) is 6.17. The van der Waals surface area contributed by atoms with Crippen LogP contribution in [0.2, 0.25) is 15.1 Å². The van der Waals surface area contributed by atoms with Crippen LogP contribution in [0.4, 0.5) is 22.0 Å². The van der Waals surface area contributed by atoms with Gasteiger partial charge in [-0.15, -0.1) is 0 Å². The lowest BCUT2D eigenvalue weighted by Crippen LogP contribution is -2.42. The van der Waals surface area contributed by atoms with Gasteiger partial charge in [0.15, 0.2) is 5.82 Å². The maximum absolute atomic E-state index is 14.5. The van der Waals surface area contributed by atoms with Crippen LogP contribution in [-0.4, -0.2) is 30.6 Å². The minimum Gasteiger partial charge on any atom is -0.391 e. The predicted molar refractivity (Wildman–Crippen MR) is 157 cm³/mol. The molecule has 0 bridgehead atoms. The van der Waals surface area contributed by atoms with Crippen molar-refractivity contribution < 1.29 is 36.4 Å². The van der Waals surface area contributed by atoms with Crippen LogP contribution < -0.4 is 5.32 Å². The Kier molecular flexibility index (Phi) is 9.01. The molecule has 4 aromatic rings. The first kappa shape index (κ1) is 31.5. The van der Waals surface area contributed by atoms with Gasteiger partial charge in [0.25, 0.3) is 11.5 Å². The van der Waals surface area contributed by atoms with E-state index in [4.69, 9.17) is 44.5 Å². The number of rotatable bonds is 8. The molecule has 1 aliphatic heterocycles. The smallest absolute Gasteiger partial charge is 0.391 e. The molecule has 14 heteroatoms. The number of carbonyl (C=O) groups excluding carboxylic acids is 1. The maximum atomic E-state index is 14.5. The molecule has 0 fully saturated rings. The van der Waals surface area contributed by atoms with Gasteiger partial charge in [-0.25, -0.2) is 8.78 Å². The Morgan fingerprint density at radius 2 is 1.70 bits per heavy atom. The molecule has 0 aliphatic carbocycles. The molecule has 1 aliphatic rings. The molecule has 5 rings (SSSR count). The SMILES string of the molecule is O=C(NCC=NOCc1ccc(F)c(Cl)c1)c1ccc(C2=NOC(c3cc(Cl)c(F)c(Cl)c3)(C(F)(F)F)C2)c2ccccc12. The number of carbonyl (C=O) groups is 1. The lowest BCUT2D eigenvalue weighted by Gasteiger charge is -2.29. The summed E-state index contributed by atoms with van der Waals surface area (Å²) in [5.74, 6) is -2.08. The third-order valence-corrected chi connectivity index (χ3v) is 7.67. The predicted octanol–water partition coefficient (Wildman–Crippen LogP) is 8.59. The molecular formula is C30H19Cl3F5N3O3. The summed E-state index contributed by atoms with van der Waals surface area (Å²) >= 11 is 17.3. The second-order valence-corrected chi connectivity index (χ2v) is 10.8. The lowest BCUT2D eigenvalue weighted by molar-refractivity contribution is -0.275. The fourth-order valence-electron chi connectivity index (χ4n) is 4.65. The van der Waals surface area contributed by atoms with E-state index in [2.05, 4.69) is 15.6 Å². The number of fused-ring (bicyclic) bond motifs is 1. The highest BCUT2D eigenvalue weighted by Crippen LogP contribution is 2.50. The van der Waals surface area contributed by atoms with Crippen molar-refractivity contribution in [1.29, 1.82) is 0 Å². The van der Waals surface area contributed by atoms with Crippen LogP contribution in [-0.2, 0) is 21.9 Å². The van der Waals surface area contributed by atoms with Crippen molar-refractivity contribution in [2.24, 2.45) is 10.3 Å². The Labute approximate surface area is 262 Å². The van der Waals surface area contributed by atoms with Crippen LogP contribution in [0, 0.1) is 11.6 Å². The number of amides is 1. The van der Waals surface area contributed by atoms with E-state index >= 15 is 0 Å². The van der Waals surface area contributed by atoms with Gasteiger partial charge in [0.2, 0.25) is 0 Å². The van der Waals surface area contributed by atoms with E-state index in [1.54, 1.807) is 24.3 Å². The van der Waals surface area contributed by atoms with Crippen LogP contribution in [0.25, 0.3) is 10.8 Å². The van der Waals surface area contributed by atoms with Gasteiger partial charge >= 0.3 is 6.18 Å². The van der Waals surface area contributed by atoms with Crippen molar-refractivity contribution in [3.63, 3.8) is 0 Å². The molecule has 6 nitrogen and oxygen atoms in total. The first-order valence-corrected chi connectivity index (χ1v) is 13.9. The van der Waals surface area contributed by atoms with E-state index in [-0.39, 0.29) is 29.4 Å². The monoisotopic (exact) mass is 669 g/mol. The number of hydrogen-bond donors (Lipinski definition) is 1. The van der Waals surface area contributed by atoms with Crippen LogP contribution in [0.3, 0.4) is 0 Å². The highest BCUT2D eigenvalue weighted by molar-refractivity contribution is 6.35. The van der Waals surface area contributed by atoms with E-state index in [0.717, 1.165) is 12.1 Å². The Balaban J connectivity index is 1.32. The van der Waals surface area contributed by atoms with E-state index in [1.807, 2.05) is 0 Å². The van der Waals surface area contributed by atoms with Gasteiger partial charge in [-0.3, -0.25) is 4.79 Å². The number of benzene rings is 4. The van der Waals surface area contributed by atoms with Gasteiger partial charge in [0.05, 0.1) is 33.5 Å². The molecule has 1 heterocycles. The molecule has 1 unspecified atom stereocenters. The molecule has 228 valence electrons. The van der Waals surface area contributed by atoms with Crippen LogP contribution in [0.15, 0.2) is 77.0 Å². The summed E-state index contributed by atoms with van der Waals surface area (Å²) in [4.78, 5) is 23.2. The zero-order chi connectivity index (χ0) is 31.6. The number of hydrogen-bond acceptors (Lipinski definition) is 5. The van der Waals surface area contributed by atoms with Crippen molar-refractivity contribution in [2.45, 2.75) is 24.8 Å². The summed E-state index contributed by atoms with van der Waals surface area (Å²) < 4.78 is 70.7. The number of nitrogens with zero attached hydrogens (tertiary/aromatic N) is 2. The van der Waals surface area contributed by atoms with Crippen LogP contribution >= 0.6 is 34.8 Å². The van der Waals surface area contributed by atoms with Gasteiger partial charge in [0, 0.05) is 23.1 Å². The summed E-state index contributed by atoms with van der Waals surface area (Å²) in [7, 11) is 0. The molecular weight excluding hydrogens is 652 g/mol. The number of oxime groups is 2. The molecule has 1 N–H and O–H groups in total. The molecule has 4 aromatic carbocycles. The molecule has 0 radical (unpaired) electrons. The molecule has 0 saturated heterocycles. The van der Waals surface area contributed by atoms with Crippen molar-refractivity contribution in [3.05, 3.63) is 116 Å². The minimum atomic E-state index is -4.98. The number of alkyl halides is 3. The summed E-state index contributed by atoms with van der Waals surface area (Å²) in [6, 6.07) is 15.3. The fraction of sp³-hybridized carbons (Fsp3) is 0.167. The van der Waals surface area contributed by atoms with Gasteiger partial charge in [-0.2, -0.15) is 13.2 Å². The third-order valence-electron chi connectivity index (χ3n) is 6.83. The van der Waals surface area contributed by atoms with Crippen molar-refractivity contribution in [3.8, 4) is 0 Å².